The maximum Gasteiger partial charge on any atom is 0.143 e. The summed E-state index contributed by atoms with van der Waals surface area (Å²) in [7, 11) is 0. The summed E-state index contributed by atoms with van der Waals surface area (Å²) in [6, 6.07) is 15.4. The van der Waals surface area contributed by atoms with Crippen molar-refractivity contribution in [1.29, 1.82) is 0 Å². The molecule has 0 unspecified atom stereocenters. The van der Waals surface area contributed by atoms with Crippen LogP contribution in [-0.2, 0) is 6.42 Å². The second kappa shape index (κ2) is 6.53. The Kier molecular flexibility index (Phi) is 4.30. The van der Waals surface area contributed by atoms with Gasteiger partial charge in [-0.15, -0.1) is 0 Å². The molecule has 0 N–H and O–H groups in total. The van der Waals surface area contributed by atoms with E-state index in [1.165, 1.54) is 21.9 Å². The average Bonchev–Trinajstić information content (AvgIpc) is 3.07. The lowest BCUT2D eigenvalue weighted by atomic mass is 9.87. The van der Waals surface area contributed by atoms with E-state index in [2.05, 4.69) is 71.0 Å². The van der Waals surface area contributed by atoms with E-state index in [1.807, 2.05) is 12.3 Å². The van der Waals surface area contributed by atoms with E-state index in [0.717, 1.165) is 28.6 Å². The first-order valence-corrected chi connectivity index (χ1v) is 9.71. The lowest BCUT2D eigenvalue weighted by Gasteiger charge is -2.18. The minimum atomic E-state index is 0.273. The van der Waals surface area contributed by atoms with E-state index in [-0.39, 0.29) is 5.41 Å². The number of furan rings is 1. The molecule has 2 aromatic heterocycles. The van der Waals surface area contributed by atoms with Crippen molar-refractivity contribution in [2.75, 3.05) is 0 Å². The molecule has 0 bridgehead atoms. The first kappa shape index (κ1) is 17.8. The summed E-state index contributed by atoms with van der Waals surface area (Å²) in [5.41, 5.74) is 5.94. The first-order chi connectivity index (χ1) is 12.8. The van der Waals surface area contributed by atoms with Gasteiger partial charge in [0.1, 0.15) is 5.58 Å². The molecule has 4 aromatic rings. The number of benzene rings is 2. The van der Waals surface area contributed by atoms with Crippen molar-refractivity contribution in [2.45, 2.75) is 47.0 Å². The molecule has 2 heteroatoms. The van der Waals surface area contributed by atoms with Crippen molar-refractivity contribution in [1.82, 2.24) is 4.98 Å². The second-order valence-electron chi connectivity index (χ2n) is 9.01. The van der Waals surface area contributed by atoms with E-state index in [9.17, 15) is 0 Å². The summed E-state index contributed by atoms with van der Waals surface area (Å²) in [6.45, 7) is 11.3. The Bertz CT molecular complexity index is 1110. The standard InChI is InChI=1S/C25H27NO/c1-16(2)20-13-19-9-11-27-24(19)22(14-20)23-21-7-6-17(15-25(3,4)5)12-18(21)8-10-26-23/h6-14,16H,15H2,1-5H3. The van der Waals surface area contributed by atoms with Gasteiger partial charge in [0.25, 0.3) is 0 Å². The highest BCUT2D eigenvalue weighted by Gasteiger charge is 2.16. The fourth-order valence-electron chi connectivity index (χ4n) is 3.78. The summed E-state index contributed by atoms with van der Waals surface area (Å²) >= 11 is 0. The number of nitrogens with zero attached hydrogens (tertiary/aromatic N) is 1. The third-order valence-corrected chi connectivity index (χ3v) is 5.06. The molecule has 27 heavy (non-hydrogen) atoms. The van der Waals surface area contributed by atoms with Gasteiger partial charge in [-0.05, 0) is 58.5 Å². The molecule has 0 aliphatic carbocycles. The normalized spacial score (nSPS) is 12.4. The maximum atomic E-state index is 5.84. The van der Waals surface area contributed by atoms with Crippen LogP contribution in [0.25, 0.3) is 33.0 Å². The Balaban J connectivity index is 1.92. The van der Waals surface area contributed by atoms with Gasteiger partial charge in [-0.3, -0.25) is 4.98 Å². The van der Waals surface area contributed by atoms with Gasteiger partial charge in [0.2, 0.25) is 0 Å². The van der Waals surface area contributed by atoms with E-state index in [1.54, 1.807) is 6.26 Å². The molecule has 2 heterocycles. The molecule has 0 radical (unpaired) electrons. The lowest BCUT2D eigenvalue weighted by molar-refractivity contribution is 0.411. The van der Waals surface area contributed by atoms with E-state index >= 15 is 0 Å². The minimum Gasteiger partial charge on any atom is -0.464 e. The molecular weight excluding hydrogens is 330 g/mol. The van der Waals surface area contributed by atoms with Gasteiger partial charge in [0.15, 0.2) is 0 Å². The van der Waals surface area contributed by atoms with Crippen molar-refractivity contribution in [3.05, 3.63) is 66.1 Å². The minimum absolute atomic E-state index is 0.273. The molecule has 0 aliphatic heterocycles. The summed E-state index contributed by atoms with van der Waals surface area (Å²) in [4.78, 5) is 4.75. The van der Waals surface area contributed by atoms with Gasteiger partial charge in [-0.1, -0.05) is 52.8 Å². The van der Waals surface area contributed by atoms with Crippen LogP contribution in [0.15, 0.2) is 59.3 Å². The van der Waals surface area contributed by atoms with Gasteiger partial charge in [0.05, 0.1) is 12.0 Å². The maximum absolute atomic E-state index is 5.84. The van der Waals surface area contributed by atoms with Crippen LogP contribution in [0.3, 0.4) is 0 Å². The third-order valence-electron chi connectivity index (χ3n) is 5.06. The monoisotopic (exact) mass is 357 g/mol. The largest absolute Gasteiger partial charge is 0.464 e. The average molecular weight is 357 g/mol. The number of aromatic nitrogens is 1. The van der Waals surface area contributed by atoms with Gasteiger partial charge in [0, 0.05) is 22.5 Å². The summed E-state index contributed by atoms with van der Waals surface area (Å²) in [6.07, 6.45) is 4.74. The number of hydrogen-bond acceptors (Lipinski definition) is 2. The second-order valence-corrected chi connectivity index (χ2v) is 9.01. The first-order valence-electron chi connectivity index (χ1n) is 9.71. The van der Waals surface area contributed by atoms with Crippen molar-refractivity contribution in [3.63, 3.8) is 0 Å². The fourth-order valence-corrected chi connectivity index (χ4v) is 3.78. The molecule has 2 nitrogen and oxygen atoms in total. The Morgan fingerprint density at radius 1 is 0.963 bits per heavy atom. The van der Waals surface area contributed by atoms with Crippen LogP contribution in [0.4, 0.5) is 0 Å². The smallest absolute Gasteiger partial charge is 0.143 e. The van der Waals surface area contributed by atoms with E-state index < -0.39 is 0 Å². The van der Waals surface area contributed by atoms with Gasteiger partial charge >= 0.3 is 0 Å². The number of fused-ring (bicyclic) bond motifs is 2. The summed E-state index contributed by atoms with van der Waals surface area (Å²) in [5, 5.41) is 3.55. The number of rotatable bonds is 3. The quantitative estimate of drug-likeness (QED) is 0.383. The zero-order valence-corrected chi connectivity index (χ0v) is 16.8. The Morgan fingerprint density at radius 3 is 2.52 bits per heavy atom. The Labute approximate surface area is 161 Å². The highest BCUT2D eigenvalue weighted by atomic mass is 16.3. The topological polar surface area (TPSA) is 26.0 Å². The molecule has 0 atom stereocenters. The molecule has 0 spiro atoms. The van der Waals surface area contributed by atoms with Crippen LogP contribution in [0.1, 0.15) is 51.7 Å². The van der Waals surface area contributed by atoms with E-state index in [4.69, 9.17) is 9.40 Å². The number of hydrogen-bond donors (Lipinski definition) is 0. The molecule has 4 rings (SSSR count). The molecule has 0 fully saturated rings. The van der Waals surface area contributed by atoms with Crippen molar-refractivity contribution < 1.29 is 4.42 Å². The molecule has 138 valence electrons. The number of pyridine rings is 1. The summed E-state index contributed by atoms with van der Waals surface area (Å²) in [5.74, 6) is 0.455. The zero-order valence-electron chi connectivity index (χ0n) is 16.8. The highest BCUT2D eigenvalue weighted by molar-refractivity contribution is 6.02. The predicted octanol–water partition coefficient (Wildman–Crippen LogP) is 7.36. The van der Waals surface area contributed by atoms with Crippen LogP contribution in [0.5, 0.6) is 0 Å². The molecular formula is C25H27NO. The van der Waals surface area contributed by atoms with Crippen LogP contribution in [-0.4, -0.2) is 4.98 Å². The van der Waals surface area contributed by atoms with Crippen LogP contribution in [0.2, 0.25) is 0 Å². The van der Waals surface area contributed by atoms with Crippen molar-refractivity contribution >= 4 is 21.7 Å². The van der Waals surface area contributed by atoms with Crippen LogP contribution in [0, 0.1) is 5.41 Å². The SMILES string of the molecule is CC(C)c1cc(-c2nccc3cc(CC(C)(C)C)ccc23)c2occc2c1. The predicted molar refractivity (Wildman–Crippen MR) is 114 cm³/mol. The Hall–Kier alpha value is -2.61. The van der Waals surface area contributed by atoms with Crippen molar-refractivity contribution in [3.8, 4) is 11.3 Å². The highest BCUT2D eigenvalue weighted by Crippen LogP contribution is 2.36. The molecule has 0 saturated carbocycles. The third kappa shape index (κ3) is 3.49. The molecule has 2 aromatic carbocycles. The van der Waals surface area contributed by atoms with Gasteiger partial charge in [-0.2, -0.15) is 0 Å². The van der Waals surface area contributed by atoms with Crippen LogP contribution < -0.4 is 0 Å². The lowest BCUT2D eigenvalue weighted by Crippen LogP contribution is -2.08. The molecule has 0 aliphatic rings. The fraction of sp³-hybridized carbons (Fsp3) is 0.320. The zero-order chi connectivity index (χ0) is 19.2. The summed E-state index contributed by atoms with van der Waals surface area (Å²) < 4.78 is 5.84. The Morgan fingerprint density at radius 2 is 1.78 bits per heavy atom. The molecule has 0 amide bonds. The van der Waals surface area contributed by atoms with Gasteiger partial charge < -0.3 is 4.42 Å². The van der Waals surface area contributed by atoms with Crippen molar-refractivity contribution in [2.24, 2.45) is 5.41 Å². The van der Waals surface area contributed by atoms with E-state index in [0.29, 0.717) is 5.92 Å². The molecule has 0 saturated heterocycles. The van der Waals surface area contributed by atoms with Gasteiger partial charge in [-0.25, -0.2) is 0 Å². The van der Waals surface area contributed by atoms with Crippen LogP contribution >= 0.6 is 0 Å².